The molecule has 1 aromatic carbocycles. The Morgan fingerprint density at radius 1 is 1.27 bits per heavy atom. The van der Waals surface area contributed by atoms with Gasteiger partial charge in [0.2, 0.25) is 5.21 Å². The van der Waals surface area contributed by atoms with Crippen LogP contribution in [0, 0.1) is 14.9 Å². The van der Waals surface area contributed by atoms with Gasteiger partial charge < -0.3 is 10.1 Å². The lowest BCUT2D eigenvalue weighted by molar-refractivity contribution is -0.555. The Labute approximate surface area is 89.5 Å². The molecule has 0 atom stereocenters. The van der Waals surface area contributed by atoms with Gasteiger partial charge in [-0.3, -0.25) is 0 Å². The van der Waals surface area contributed by atoms with Crippen LogP contribution in [-0.4, -0.2) is 25.3 Å². The number of rotatable bonds is 1. The van der Waals surface area contributed by atoms with Gasteiger partial charge in [0.05, 0.1) is 15.0 Å². The van der Waals surface area contributed by atoms with E-state index in [1.165, 1.54) is 0 Å². The second kappa shape index (κ2) is 5.60. The fourth-order valence-corrected chi connectivity index (χ4v) is 0.829. The first-order valence-corrected chi connectivity index (χ1v) is 4.27. The van der Waals surface area contributed by atoms with Crippen LogP contribution < -0.4 is 0 Å². The molecule has 15 heavy (non-hydrogen) atoms. The van der Waals surface area contributed by atoms with E-state index in [0.29, 0.717) is 4.79 Å². The lowest BCUT2D eigenvalue weighted by Crippen LogP contribution is -2.10. The summed E-state index contributed by atoms with van der Waals surface area (Å²) < 4.78 is -0.125. The molecule has 1 N–H and O–H groups in total. The predicted molar refractivity (Wildman–Crippen MR) is 54.0 cm³/mol. The number of hydrogen-bond acceptors (Lipinski definition) is 5. The van der Waals surface area contributed by atoms with E-state index in [4.69, 9.17) is 0 Å². The summed E-state index contributed by atoms with van der Waals surface area (Å²) in [5, 5.41) is 17.3. The molecule has 8 heteroatoms. The fraction of sp³-hybridized carbons (Fsp3) is 0. The van der Waals surface area contributed by atoms with Crippen molar-refractivity contribution in [2.75, 3.05) is 0 Å². The first kappa shape index (κ1) is 11.0. The molecule has 0 bridgehead atoms. The van der Waals surface area contributed by atoms with Crippen LogP contribution in [-0.2, 0) is 0 Å². The van der Waals surface area contributed by atoms with Gasteiger partial charge in [-0.15, -0.1) is 0 Å². The highest BCUT2D eigenvalue weighted by molar-refractivity contribution is 7.71. The van der Waals surface area contributed by atoms with Crippen LogP contribution in [0.3, 0.4) is 0 Å². The van der Waals surface area contributed by atoms with Crippen molar-refractivity contribution >= 4 is 12.2 Å². The SMILES string of the molecule is O=[N+]([O-])n1nn[nH]c1=S.c1ccccc1. The maximum atomic E-state index is 9.86. The van der Waals surface area contributed by atoms with Crippen molar-refractivity contribution in [3.05, 3.63) is 51.3 Å². The van der Waals surface area contributed by atoms with Gasteiger partial charge in [0.25, 0.3) is 4.77 Å². The number of benzene rings is 1. The minimum absolute atomic E-state index is 0.125. The van der Waals surface area contributed by atoms with Crippen molar-refractivity contribution < 1.29 is 5.03 Å². The summed E-state index contributed by atoms with van der Waals surface area (Å²) in [6.45, 7) is 0. The molecule has 7 nitrogen and oxygen atoms in total. The quantitative estimate of drug-likeness (QED) is 0.445. The average Bonchev–Trinajstić information content (AvgIpc) is 2.68. The van der Waals surface area contributed by atoms with Gasteiger partial charge in [-0.05, 0) is 12.2 Å². The summed E-state index contributed by atoms with van der Waals surface area (Å²) in [6.07, 6.45) is 0. The van der Waals surface area contributed by atoms with Crippen LogP contribution >= 0.6 is 12.2 Å². The van der Waals surface area contributed by atoms with E-state index in [2.05, 4.69) is 27.7 Å². The zero-order valence-electron chi connectivity index (χ0n) is 7.48. The highest BCUT2D eigenvalue weighted by atomic mass is 32.1. The van der Waals surface area contributed by atoms with Crippen molar-refractivity contribution in [3.63, 3.8) is 0 Å². The molecule has 0 aliphatic carbocycles. The Morgan fingerprint density at radius 2 is 1.73 bits per heavy atom. The van der Waals surface area contributed by atoms with E-state index in [1.807, 2.05) is 36.4 Å². The topological polar surface area (TPSA) is 89.6 Å². The first-order chi connectivity index (χ1) is 7.22. The predicted octanol–water partition coefficient (Wildman–Crippen LogP) is 1.06. The highest BCUT2D eigenvalue weighted by Crippen LogP contribution is 1.80. The number of aromatic amines is 1. The van der Waals surface area contributed by atoms with Gasteiger partial charge >= 0.3 is 0 Å². The molecule has 2 aromatic rings. The minimum Gasteiger partial charge on any atom is -0.339 e. The molecular weight excluding hydrogens is 218 g/mol. The maximum absolute atomic E-state index is 9.86. The third kappa shape index (κ3) is 3.65. The zero-order chi connectivity index (χ0) is 11.1. The second-order valence-electron chi connectivity index (χ2n) is 2.29. The number of hydrogen-bond donors (Lipinski definition) is 1. The van der Waals surface area contributed by atoms with Crippen molar-refractivity contribution in [1.29, 1.82) is 0 Å². The third-order valence-electron chi connectivity index (χ3n) is 1.28. The van der Waals surface area contributed by atoms with E-state index in [1.54, 1.807) is 0 Å². The van der Waals surface area contributed by atoms with Crippen molar-refractivity contribution in [2.24, 2.45) is 0 Å². The van der Waals surface area contributed by atoms with Crippen molar-refractivity contribution in [2.45, 2.75) is 0 Å². The Bertz CT molecular complexity index is 439. The lowest BCUT2D eigenvalue weighted by atomic mass is 10.4. The van der Waals surface area contributed by atoms with Gasteiger partial charge in [0.1, 0.15) is 0 Å². The number of H-pyrrole nitrogens is 1. The molecule has 78 valence electrons. The Kier molecular flexibility index (Phi) is 4.10. The van der Waals surface area contributed by atoms with Gasteiger partial charge in [-0.1, -0.05) is 36.4 Å². The molecule has 0 fully saturated rings. The molecule has 0 aliphatic heterocycles. The lowest BCUT2D eigenvalue weighted by Gasteiger charge is -1.83. The number of tetrazole rings is 1. The minimum atomic E-state index is -0.772. The number of nitro groups is 1. The summed E-state index contributed by atoms with van der Waals surface area (Å²) in [4.78, 5) is 10.2. The number of aromatic nitrogens is 4. The van der Waals surface area contributed by atoms with Crippen molar-refractivity contribution in [1.82, 2.24) is 20.3 Å². The molecule has 0 saturated heterocycles. The summed E-state index contributed by atoms with van der Waals surface area (Å²) in [5.41, 5.74) is 0. The zero-order valence-corrected chi connectivity index (χ0v) is 8.29. The van der Waals surface area contributed by atoms with E-state index >= 15 is 0 Å². The summed E-state index contributed by atoms with van der Waals surface area (Å²) in [5.74, 6) is 0. The standard InChI is InChI=1S/C6H6.CHN5O2S/c1-2-4-6-5-3-1;7-6(8)5-1(9)2-3-4-5/h1-6H;(H,2,4,9). The summed E-state index contributed by atoms with van der Waals surface area (Å²) >= 11 is 4.40. The highest BCUT2D eigenvalue weighted by Gasteiger charge is 2.03. The molecule has 0 aliphatic rings. The van der Waals surface area contributed by atoms with E-state index < -0.39 is 5.03 Å². The van der Waals surface area contributed by atoms with Gasteiger partial charge in [-0.25, -0.2) is 5.10 Å². The number of nitrogens with one attached hydrogen (secondary N) is 1. The van der Waals surface area contributed by atoms with Gasteiger partial charge in [-0.2, -0.15) is 0 Å². The number of nitrogens with zero attached hydrogens (tertiary/aromatic N) is 4. The molecule has 2 rings (SSSR count). The summed E-state index contributed by atoms with van der Waals surface area (Å²) in [7, 11) is 0. The average molecular weight is 225 g/mol. The Balaban J connectivity index is 0.000000162. The van der Waals surface area contributed by atoms with Crippen LogP contribution in [0.15, 0.2) is 36.4 Å². The van der Waals surface area contributed by atoms with E-state index in [0.717, 1.165) is 0 Å². The molecular formula is C7H7N5O2S. The Hall–Kier alpha value is -2.09. The molecule has 0 spiro atoms. The van der Waals surface area contributed by atoms with Crippen LogP contribution in [0.25, 0.3) is 0 Å². The van der Waals surface area contributed by atoms with E-state index in [9.17, 15) is 10.1 Å². The molecule has 0 saturated carbocycles. The second-order valence-corrected chi connectivity index (χ2v) is 2.68. The maximum Gasteiger partial charge on any atom is 0.286 e. The largest absolute Gasteiger partial charge is 0.339 e. The van der Waals surface area contributed by atoms with Crippen molar-refractivity contribution in [3.8, 4) is 0 Å². The third-order valence-corrected chi connectivity index (χ3v) is 1.53. The van der Waals surface area contributed by atoms with E-state index in [-0.39, 0.29) is 4.77 Å². The smallest absolute Gasteiger partial charge is 0.286 e. The van der Waals surface area contributed by atoms with Gasteiger partial charge in [0.15, 0.2) is 0 Å². The normalized spacial score (nSPS) is 8.80. The summed E-state index contributed by atoms with van der Waals surface area (Å²) in [6, 6.07) is 12.0. The molecule has 0 radical (unpaired) electrons. The Morgan fingerprint density at radius 3 is 1.93 bits per heavy atom. The molecule has 0 amide bonds. The van der Waals surface area contributed by atoms with Gasteiger partial charge in [0, 0.05) is 0 Å². The molecule has 0 unspecified atom stereocenters. The van der Waals surface area contributed by atoms with Crippen LogP contribution in [0.4, 0.5) is 0 Å². The fourth-order valence-electron chi connectivity index (χ4n) is 0.685. The molecule has 1 aromatic heterocycles. The monoisotopic (exact) mass is 225 g/mol. The first-order valence-electron chi connectivity index (χ1n) is 3.87. The molecule has 1 heterocycles. The van der Waals surface area contributed by atoms with Crippen LogP contribution in [0.2, 0.25) is 0 Å². The van der Waals surface area contributed by atoms with Crippen LogP contribution in [0.1, 0.15) is 0 Å². The van der Waals surface area contributed by atoms with Crippen LogP contribution in [0.5, 0.6) is 0 Å².